The van der Waals surface area contributed by atoms with Crippen LogP contribution in [0.25, 0.3) is 22.5 Å². The van der Waals surface area contributed by atoms with Crippen molar-refractivity contribution in [3.8, 4) is 28.3 Å². The number of rotatable bonds is 4. The van der Waals surface area contributed by atoms with Gasteiger partial charge in [0.2, 0.25) is 0 Å². The molecule has 3 rings (SSSR count). The molecule has 0 atom stereocenters. The maximum atomic E-state index is 12.2. The van der Waals surface area contributed by atoms with Crippen LogP contribution in [0, 0.1) is 6.92 Å². The fourth-order valence-corrected chi connectivity index (χ4v) is 2.59. The molecular formula is C18H16N4O2. The van der Waals surface area contributed by atoms with E-state index in [1.54, 1.807) is 43.9 Å². The molecule has 1 amide bonds. The highest BCUT2D eigenvalue weighted by molar-refractivity contribution is 6.05. The van der Waals surface area contributed by atoms with Crippen LogP contribution >= 0.6 is 0 Å². The normalized spacial score (nSPS) is 10.4. The Hall–Kier alpha value is -3.28. The molecule has 0 radical (unpaired) electrons. The zero-order chi connectivity index (χ0) is 17.1. The van der Waals surface area contributed by atoms with Gasteiger partial charge in [-0.1, -0.05) is 6.07 Å². The summed E-state index contributed by atoms with van der Waals surface area (Å²) in [6, 6.07) is 9.02. The Kier molecular flexibility index (Phi) is 4.20. The number of carbonyl (C=O) groups excluding carboxylic acids is 1. The Labute approximate surface area is 139 Å². The lowest BCUT2D eigenvalue weighted by molar-refractivity contribution is 0.100. The van der Waals surface area contributed by atoms with Crippen molar-refractivity contribution in [2.45, 2.75) is 6.92 Å². The summed E-state index contributed by atoms with van der Waals surface area (Å²) < 4.78 is 5.37. The van der Waals surface area contributed by atoms with Gasteiger partial charge in [0, 0.05) is 29.2 Å². The summed E-state index contributed by atoms with van der Waals surface area (Å²) in [7, 11) is 1.55. The molecular weight excluding hydrogens is 304 g/mol. The standard InChI is InChI=1S/C18H16N4O2/c1-11-9-13(12-6-8-20-10-15(12)24-2)16(18(19)23)17(22-11)14-5-3-4-7-21-14/h3-10H,1-2H3,(H2,19,23). The first-order valence-electron chi connectivity index (χ1n) is 7.33. The average molecular weight is 320 g/mol. The molecule has 120 valence electrons. The summed E-state index contributed by atoms with van der Waals surface area (Å²) in [5.74, 6) is -0.0189. The molecule has 0 saturated heterocycles. The van der Waals surface area contributed by atoms with Gasteiger partial charge in [0.05, 0.1) is 24.6 Å². The fraction of sp³-hybridized carbons (Fsp3) is 0.111. The topological polar surface area (TPSA) is 91.0 Å². The number of primary amides is 1. The van der Waals surface area contributed by atoms with Crippen molar-refractivity contribution in [2.24, 2.45) is 5.73 Å². The first-order valence-corrected chi connectivity index (χ1v) is 7.33. The van der Waals surface area contributed by atoms with E-state index in [1.165, 1.54) is 0 Å². The van der Waals surface area contributed by atoms with E-state index in [0.717, 1.165) is 11.3 Å². The largest absolute Gasteiger partial charge is 0.494 e. The highest BCUT2D eigenvalue weighted by atomic mass is 16.5. The second-order valence-corrected chi connectivity index (χ2v) is 5.19. The minimum atomic E-state index is -0.572. The quantitative estimate of drug-likeness (QED) is 0.798. The van der Waals surface area contributed by atoms with Gasteiger partial charge in [-0.15, -0.1) is 0 Å². The van der Waals surface area contributed by atoms with Crippen molar-refractivity contribution in [3.63, 3.8) is 0 Å². The monoisotopic (exact) mass is 320 g/mol. The Balaban J connectivity index is 2.35. The van der Waals surface area contributed by atoms with Crippen LogP contribution in [0.3, 0.4) is 0 Å². The van der Waals surface area contributed by atoms with E-state index < -0.39 is 5.91 Å². The van der Waals surface area contributed by atoms with E-state index in [4.69, 9.17) is 10.5 Å². The summed E-state index contributed by atoms with van der Waals surface area (Å²) in [5, 5.41) is 0. The van der Waals surface area contributed by atoms with Gasteiger partial charge in [0.15, 0.2) is 0 Å². The minimum absolute atomic E-state index is 0.309. The number of hydrogen-bond donors (Lipinski definition) is 1. The maximum absolute atomic E-state index is 12.2. The predicted octanol–water partition coefficient (Wildman–Crippen LogP) is 2.62. The molecule has 3 heterocycles. The van der Waals surface area contributed by atoms with Crippen molar-refractivity contribution in [2.75, 3.05) is 7.11 Å². The number of amides is 1. The lowest BCUT2D eigenvalue weighted by Crippen LogP contribution is -2.16. The summed E-state index contributed by atoms with van der Waals surface area (Å²) >= 11 is 0. The van der Waals surface area contributed by atoms with Crippen LogP contribution in [0.15, 0.2) is 48.9 Å². The van der Waals surface area contributed by atoms with Gasteiger partial charge in [-0.2, -0.15) is 0 Å². The zero-order valence-corrected chi connectivity index (χ0v) is 13.4. The smallest absolute Gasteiger partial charge is 0.251 e. The summed E-state index contributed by atoms with van der Waals surface area (Å²) in [6.45, 7) is 1.86. The van der Waals surface area contributed by atoms with E-state index in [2.05, 4.69) is 15.0 Å². The number of nitrogens with zero attached hydrogens (tertiary/aromatic N) is 3. The summed E-state index contributed by atoms with van der Waals surface area (Å²) in [6.07, 6.45) is 4.88. The van der Waals surface area contributed by atoms with E-state index in [-0.39, 0.29) is 0 Å². The van der Waals surface area contributed by atoms with Crippen LogP contribution in [0.2, 0.25) is 0 Å². The fourth-order valence-electron chi connectivity index (χ4n) is 2.59. The predicted molar refractivity (Wildman–Crippen MR) is 90.5 cm³/mol. The van der Waals surface area contributed by atoms with Crippen LogP contribution < -0.4 is 10.5 Å². The van der Waals surface area contributed by atoms with E-state index in [1.807, 2.05) is 19.1 Å². The Morgan fingerprint density at radius 2 is 2.00 bits per heavy atom. The van der Waals surface area contributed by atoms with Crippen LogP contribution in [0.1, 0.15) is 16.1 Å². The highest BCUT2D eigenvalue weighted by Crippen LogP contribution is 2.35. The molecule has 2 N–H and O–H groups in total. The third-order valence-electron chi connectivity index (χ3n) is 3.60. The number of hydrogen-bond acceptors (Lipinski definition) is 5. The average Bonchev–Trinajstić information content (AvgIpc) is 2.61. The number of pyridine rings is 3. The number of aromatic nitrogens is 3. The third-order valence-corrected chi connectivity index (χ3v) is 3.60. The first-order chi connectivity index (χ1) is 11.6. The summed E-state index contributed by atoms with van der Waals surface area (Å²) in [4.78, 5) is 25.0. The molecule has 0 aliphatic carbocycles. The van der Waals surface area contributed by atoms with Gasteiger partial charge in [0.25, 0.3) is 5.91 Å². The Morgan fingerprint density at radius 3 is 2.67 bits per heavy atom. The molecule has 0 fully saturated rings. The van der Waals surface area contributed by atoms with E-state index >= 15 is 0 Å². The van der Waals surface area contributed by atoms with Crippen LogP contribution in [-0.2, 0) is 0 Å². The van der Waals surface area contributed by atoms with Crippen LogP contribution in [0.5, 0.6) is 5.75 Å². The van der Waals surface area contributed by atoms with E-state index in [9.17, 15) is 4.79 Å². The Bertz CT molecular complexity index is 895. The SMILES string of the molecule is COc1cnccc1-c1cc(C)nc(-c2ccccn2)c1C(N)=O. The molecule has 0 spiro atoms. The molecule has 6 nitrogen and oxygen atoms in total. The molecule has 3 aromatic heterocycles. The van der Waals surface area contributed by atoms with Gasteiger partial charge in [-0.3, -0.25) is 19.7 Å². The Morgan fingerprint density at radius 1 is 1.17 bits per heavy atom. The van der Waals surface area contributed by atoms with E-state index in [0.29, 0.717) is 28.3 Å². The van der Waals surface area contributed by atoms with Crippen molar-refractivity contribution in [1.29, 1.82) is 0 Å². The van der Waals surface area contributed by atoms with Crippen LogP contribution in [-0.4, -0.2) is 28.0 Å². The second kappa shape index (κ2) is 6.45. The van der Waals surface area contributed by atoms with Gasteiger partial charge in [-0.05, 0) is 31.2 Å². The maximum Gasteiger partial charge on any atom is 0.251 e. The highest BCUT2D eigenvalue weighted by Gasteiger charge is 2.21. The number of methoxy groups -OCH3 is 1. The second-order valence-electron chi connectivity index (χ2n) is 5.19. The molecule has 0 aliphatic rings. The summed E-state index contributed by atoms with van der Waals surface area (Å²) in [5.41, 5.74) is 9.14. The number of aryl methyl sites for hydroxylation is 1. The minimum Gasteiger partial charge on any atom is -0.494 e. The molecule has 0 aliphatic heterocycles. The lowest BCUT2D eigenvalue weighted by atomic mass is 9.96. The van der Waals surface area contributed by atoms with Crippen LogP contribution in [0.4, 0.5) is 0 Å². The van der Waals surface area contributed by atoms with Gasteiger partial charge < -0.3 is 10.5 Å². The first kappa shape index (κ1) is 15.6. The van der Waals surface area contributed by atoms with Gasteiger partial charge in [-0.25, -0.2) is 0 Å². The molecule has 0 aromatic carbocycles. The van der Waals surface area contributed by atoms with Gasteiger partial charge in [0.1, 0.15) is 11.4 Å². The number of nitrogens with two attached hydrogens (primary N) is 1. The molecule has 0 bridgehead atoms. The molecule has 0 saturated carbocycles. The van der Waals surface area contributed by atoms with Gasteiger partial charge >= 0.3 is 0 Å². The third kappa shape index (κ3) is 2.81. The lowest BCUT2D eigenvalue weighted by Gasteiger charge is -2.15. The van der Waals surface area contributed by atoms with Crippen molar-refractivity contribution < 1.29 is 9.53 Å². The number of carbonyl (C=O) groups is 1. The molecule has 3 aromatic rings. The number of ether oxygens (including phenoxy) is 1. The molecule has 0 unspecified atom stereocenters. The van der Waals surface area contributed by atoms with Crippen molar-refractivity contribution in [1.82, 2.24) is 15.0 Å². The zero-order valence-electron chi connectivity index (χ0n) is 13.4. The molecule has 24 heavy (non-hydrogen) atoms. The molecule has 6 heteroatoms. The van der Waals surface area contributed by atoms with Crippen molar-refractivity contribution in [3.05, 3.63) is 60.2 Å². The van der Waals surface area contributed by atoms with Crippen molar-refractivity contribution >= 4 is 5.91 Å².